The maximum absolute atomic E-state index is 13.0. The van der Waals surface area contributed by atoms with Crippen LogP contribution < -0.4 is 4.74 Å². The lowest BCUT2D eigenvalue weighted by Crippen LogP contribution is -2.42. The van der Waals surface area contributed by atoms with Crippen molar-refractivity contribution in [2.45, 2.75) is 57.4 Å². The SMILES string of the molecule is O=C(c1ccc(OCCCN2CCCCC2)cc1)N1CCC[C@@H]1CN1CCCC1. The van der Waals surface area contributed by atoms with Gasteiger partial charge in [-0.05, 0) is 95.4 Å². The third kappa shape index (κ3) is 5.73. The second kappa shape index (κ2) is 10.4. The second-order valence-corrected chi connectivity index (χ2v) is 8.93. The average Bonchev–Trinajstić information content (AvgIpc) is 3.44. The molecule has 0 spiro atoms. The molecule has 0 bridgehead atoms. The van der Waals surface area contributed by atoms with Gasteiger partial charge in [0.05, 0.1) is 6.61 Å². The monoisotopic (exact) mass is 399 g/mol. The number of carbonyl (C=O) groups excluding carboxylic acids is 1. The number of nitrogens with zero attached hydrogens (tertiary/aromatic N) is 3. The van der Waals surface area contributed by atoms with E-state index in [2.05, 4.69) is 14.7 Å². The Morgan fingerprint density at radius 1 is 0.862 bits per heavy atom. The molecule has 3 aliphatic heterocycles. The van der Waals surface area contributed by atoms with E-state index in [1.807, 2.05) is 24.3 Å². The third-order valence-electron chi connectivity index (χ3n) is 6.74. The zero-order chi connectivity index (χ0) is 19.9. The first-order valence-corrected chi connectivity index (χ1v) is 11.8. The number of piperidine rings is 1. The van der Waals surface area contributed by atoms with Crippen molar-refractivity contribution in [1.82, 2.24) is 14.7 Å². The molecule has 3 aliphatic rings. The molecule has 1 atom stereocenters. The van der Waals surface area contributed by atoms with Crippen LogP contribution in [0.5, 0.6) is 5.75 Å². The van der Waals surface area contributed by atoms with Gasteiger partial charge in [-0.15, -0.1) is 0 Å². The molecule has 5 nitrogen and oxygen atoms in total. The fourth-order valence-electron chi connectivity index (χ4n) is 5.08. The predicted molar refractivity (Wildman–Crippen MR) is 117 cm³/mol. The third-order valence-corrected chi connectivity index (χ3v) is 6.74. The quantitative estimate of drug-likeness (QED) is 0.625. The molecule has 0 N–H and O–H groups in total. The number of rotatable bonds is 8. The molecule has 3 saturated heterocycles. The van der Waals surface area contributed by atoms with E-state index in [0.29, 0.717) is 6.04 Å². The van der Waals surface area contributed by atoms with Gasteiger partial charge < -0.3 is 19.4 Å². The number of hydrogen-bond donors (Lipinski definition) is 0. The molecule has 0 aliphatic carbocycles. The maximum atomic E-state index is 13.0. The summed E-state index contributed by atoms with van der Waals surface area (Å²) in [5, 5.41) is 0. The van der Waals surface area contributed by atoms with Crippen molar-refractivity contribution in [3.63, 3.8) is 0 Å². The zero-order valence-corrected chi connectivity index (χ0v) is 17.9. The largest absolute Gasteiger partial charge is 0.494 e. The van der Waals surface area contributed by atoms with Crippen LogP contribution in [0.25, 0.3) is 0 Å². The smallest absolute Gasteiger partial charge is 0.254 e. The van der Waals surface area contributed by atoms with Crippen LogP contribution in [-0.2, 0) is 0 Å². The van der Waals surface area contributed by atoms with Gasteiger partial charge in [0.1, 0.15) is 5.75 Å². The number of amides is 1. The number of benzene rings is 1. The average molecular weight is 400 g/mol. The van der Waals surface area contributed by atoms with Gasteiger partial charge in [0.2, 0.25) is 0 Å². The summed E-state index contributed by atoms with van der Waals surface area (Å²) >= 11 is 0. The minimum absolute atomic E-state index is 0.184. The number of ether oxygens (including phenoxy) is 1. The molecule has 160 valence electrons. The summed E-state index contributed by atoms with van der Waals surface area (Å²) in [5.74, 6) is 1.05. The first-order valence-electron chi connectivity index (χ1n) is 11.8. The summed E-state index contributed by atoms with van der Waals surface area (Å²) in [4.78, 5) is 20.2. The van der Waals surface area contributed by atoms with Crippen molar-refractivity contribution in [2.24, 2.45) is 0 Å². The van der Waals surface area contributed by atoms with Crippen molar-refractivity contribution in [1.29, 1.82) is 0 Å². The molecule has 3 heterocycles. The lowest BCUT2D eigenvalue weighted by molar-refractivity contribution is 0.0708. The summed E-state index contributed by atoms with van der Waals surface area (Å²) in [6, 6.07) is 8.17. The molecular formula is C24H37N3O2. The van der Waals surface area contributed by atoms with Crippen molar-refractivity contribution in [2.75, 3.05) is 52.4 Å². The Bertz CT molecular complexity index is 636. The summed E-state index contributed by atoms with van der Waals surface area (Å²) in [7, 11) is 0. The highest BCUT2D eigenvalue weighted by molar-refractivity contribution is 5.94. The van der Waals surface area contributed by atoms with E-state index in [0.717, 1.165) is 56.8 Å². The van der Waals surface area contributed by atoms with Crippen molar-refractivity contribution < 1.29 is 9.53 Å². The van der Waals surface area contributed by atoms with Crippen LogP contribution in [0.1, 0.15) is 61.7 Å². The van der Waals surface area contributed by atoms with Crippen LogP contribution in [0.4, 0.5) is 0 Å². The molecule has 0 radical (unpaired) electrons. The molecule has 1 aromatic carbocycles. The zero-order valence-electron chi connectivity index (χ0n) is 17.9. The molecule has 0 aromatic heterocycles. The van der Waals surface area contributed by atoms with Gasteiger partial charge in [-0.25, -0.2) is 0 Å². The molecule has 0 saturated carbocycles. The lowest BCUT2D eigenvalue weighted by atomic mass is 10.1. The van der Waals surface area contributed by atoms with Crippen molar-refractivity contribution >= 4 is 5.91 Å². The fraction of sp³-hybridized carbons (Fsp3) is 0.708. The highest BCUT2D eigenvalue weighted by Crippen LogP contribution is 2.23. The Balaban J connectivity index is 1.23. The van der Waals surface area contributed by atoms with Crippen LogP contribution in [0.15, 0.2) is 24.3 Å². The maximum Gasteiger partial charge on any atom is 0.254 e. The number of carbonyl (C=O) groups is 1. The van der Waals surface area contributed by atoms with Gasteiger partial charge >= 0.3 is 0 Å². The predicted octanol–water partition coefficient (Wildman–Crippen LogP) is 3.64. The summed E-state index contributed by atoms with van der Waals surface area (Å²) in [6.45, 7) is 8.69. The fourth-order valence-corrected chi connectivity index (χ4v) is 5.08. The van der Waals surface area contributed by atoms with Crippen LogP contribution in [0.3, 0.4) is 0 Å². The normalized spacial score (nSPS) is 23.6. The van der Waals surface area contributed by atoms with Gasteiger partial charge in [-0.1, -0.05) is 6.42 Å². The van der Waals surface area contributed by atoms with Gasteiger partial charge in [0, 0.05) is 31.2 Å². The molecule has 29 heavy (non-hydrogen) atoms. The molecular weight excluding hydrogens is 362 g/mol. The van der Waals surface area contributed by atoms with E-state index in [9.17, 15) is 4.79 Å². The molecule has 1 aromatic rings. The van der Waals surface area contributed by atoms with E-state index in [-0.39, 0.29) is 5.91 Å². The Hall–Kier alpha value is -1.59. The summed E-state index contributed by atoms with van der Waals surface area (Å²) in [5.41, 5.74) is 0.791. The lowest BCUT2D eigenvalue weighted by Gasteiger charge is -2.28. The minimum Gasteiger partial charge on any atom is -0.494 e. The summed E-state index contributed by atoms with van der Waals surface area (Å²) in [6.07, 6.45) is 10.0. The first-order chi connectivity index (χ1) is 14.3. The molecule has 1 amide bonds. The molecule has 4 rings (SSSR count). The van der Waals surface area contributed by atoms with Gasteiger partial charge in [-0.2, -0.15) is 0 Å². The topological polar surface area (TPSA) is 36.0 Å². The van der Waals surface area contributed by atoms with Gasteiger partial charge in [0.15, 0.2) is 0 Å². The second-order valence-electron chi connectivity index (χ2n) is 8.93. The standard InChI is InChI=1S/C24H37N3O2/c28-24(27-18-6-8-22(27)20-26-15-4-5-16-26)21-9-11-23(12-10-21)29-19-7-17-25-13-2-1-3-14-25/h9-12,22H,1-8,13-20H2/t22-/m1/s1. The van der Waals surface area contributed by atoms with Crippen molar-refractivity contribution in [3.8, 4) is 5.75 Å². The van der Waals surface area contributed by atoms with E-state index < -0.39 is 0 Å². The Labute approximate surface area is 176 Å². The minimum atomic E-state index is 0.184. The highest BCUT2D eigenvalue weighted by Gasteiger charge is 2.31. The molecule has 0 unspecified atom stereocenters. The van der Waals surface area contributed by atoms with Crippen LogP contribution in [-0.4, -0.2) is 79.1 Å². The Morgan fingerprint density at radius 3 is 2.31 bits per heavy atom. The Kier molecular flexibility index (Phi) is 7.44. The van der Waals surface area contributed by atoms with Gasteiger partial charge in [0.25, 0.3) is 5.91 Å². The number of likely N-dealkylation sites (tertiary alicyclic amines) is 3. The van der Waals surface area contributed by atoms with E-state index in [1.54, 1.807) is 0 Å². The van der Waals surface area contributed by atoms with Crippen molar-refractivity contribution in [3.05, 3.63) is 29.8 Å². The van der Waals surface area contributed by atoms with Crippen LogP contribution in [0, 0.1) is 0 Å². The van der Waals surface area contributed by atoms with E-state index >= 15 is 0 Å². The van der Waals surface area contributed by atoms with E-state index in [1.165, 1.54) is 58.3 Å². The summed E-state index contributed by atoms with van der Waals surface area (Å²) < 4.78 is 5.91. The Morgan fingerprint density at radius 2 is 1.55 bits per heavy atom. The van der Waals surface area contributed by atoms with Gasteiger partial charge in [-0.3, -0.25) is 4.79 Å². The van der Waals surface area contributed by atoms with Crippen LogP contribution >= 0.6 is 0 Å². The van der Waals surface area contributed by atoms with E-state index in [4.69, 9.17) is 4.74 Å². The highest BCUT2D eigenvalue weighted by atomic mass is 16.5. The van der Waals surface area contributed by atoms with Crippen LogP contribution in [0.2, 0.25) is 0 Å². The number of hydrogen-bond acceptors (Lipinski definition) is 4. The first kappa shape index (κ1) is 20.7. The molecule has 5 heteroatoms. The molecule has 3 fully saturated rings.